The number of halogens is 1. The molecular weight excluding hydrogens is 296 g/mol. The maximum Gasteiger partial charge on any atom is 0.161 e. The minimum absolute atomic E-state index is 0.164. The molecule has 0 spiro atoms. The fourth-order valence-electron chi connectivity index (χ4n) is 1.42. The molecule has 102 valence electrons. The first-order valence-corrected chi connectivity index (χ1v) is 7.05. The summed E-state index contributed by atoms with van der Waals surface area (Å²) in [5.41, 5.74) is 1.000. The lowest BCUT2D eigenvalue weighted by Gasteiger charge is -2.23. The Hall–Kier alpha value is -0.740. The van der Waals surface area contributed by atoms with Crippen LogP contribution in [0, 0.1) is 0 Å². The molecular formula is C14H21BrO3. The van der Waals surface area contributed by atoms with Crippen LogP contribution in [0.4, 0.5) is 0 Å². The van der Waals surface area contributed by atoms with Crippen LogP contribution in [-0.2, 0) is 10.1 Å². The molecule has 1 rings (SSSR count). The molecule has 18 heavy (non-hydrogen) atoms. The normalized spacial score (nSPS) is 11.4. The van der Waals surface area contributed by atoms with Gasteiger partial charge in [0.05, 0.1) is 19.3 Å². The second-order valence-electron chi connectivity index (χ2n) is 4.68. The number of ether oxygens (including phenoxy) is 3. The van der Waals surface area contributed by atoms with Crippen LogP contribution in [-0.4, -0.2) is 26.4 Å². The zero-order valence-electron chi connectivity index (χ0n) is 11.5. The summed E-state index contributed by atoms with van der Waals surface area (Å²) in [4.78, 5) is 0. The van der Waals surface area contributed by atoms with Crippen molar-refractivity contribution in [2.24, 2.45) is 0 Å². The molecule has 0 aliphatic rings. The van der Waals surface area contributed by atoms with E-state index in [-0.39, 0.29) is 5.60 Å². The summed E-state index contributed by atoms with van der Waals surface area (Å²) in [6.07, 6.45) is 0.826. The minimum Gasteiger partial charge on any atom is -0.493 e. The molecule has 1 aromatic rings. The van der Waals surface area contributed by atoms with E-state index in [1.165, 1.54) is 0 Å². The largest absolute Gasteiger partial charge is 0.493 e. The second-order valence-corrected chi connectivity index (χ2v) is 5.24. The van der Waals surface area contributed by atoms with Crippen molar-refractivity contribution in [3.05, 3.63) is 23.8 Å². The van der Waals surface area contributed by atoms with Crippen molar-refractivity contribution in [1.82, 2.24) is 0 Å². The van der Waals surface area contributed by atoms with E-state index in [2.05, 4.69) is 15.9 Å². The summed E-state index contributed by atoms with van der Waals surface area (Å²) >= 11 is 3.42. The molecule has 0 fully saturated rings. The molecule has 0 saturated carbocycles. The van der Waals surface area contributed by atoms with Gasteiger partial charge < -0.3 is 14.2 Å². The Morgan fingerprint density at radius 2 is 1.89 bits per heavy atom. The first-order chi connectivity index (χ1) is 8.52. The molecule has 4 heteroatoms. The lowest BCUT2D eigenvalue weighted by atomic mass is 10.1. The number of methoxy groups -OCH3 is 2. The van der Waals surface area contributed by atoms with Crippen molar-refractivity contribution in [2.75, 3.05) is 20.8 Å². The molecule has 0 heterocycles. The van der Waals surface area contributed by atoms with Crippen LogP contribution in [0.15, 0.2) is 18.2 Å². The summed E-state index contributed by atoms with van der Waals surface area (Å²) < 4.78 is 16.4. The Morgan fingerprint density at radius 3 is 2.44 bits per heavy atom. The molecule has 1 aromatic carbocycles. The van der Waals surface area contributed by atoms with Crippen molar-refractivity contribution in [1.29, 1.82) is 0 Å². The van der Waals surface area contributed by atoms with Gasteiger partial charge in [0.25, 0.3) is 0 Å². The summed E-state index contributed by atoms with van der Waals surface area (Å²) in [6.45, 7) is 4.69. The first-order valence-electron chi connectivity index (χ1n) is 5.93. The molecule has 0 radical (unpaired) electrons. The highest BCUT2D eigenvalue weighted by Crippen LogP contribution is 2.29. The maximum absolute atomic E-state index is 5.74. The van der Waals surface area contributed by atoms with E-state index in [0.717, 1.165) is 28.8 Å². The number of alkyl halides is 1. The fourth-order valence-corrected chi connectivity index (χ4v) is 1.77. The van der Waals surface area contributed by atoms with Crippen molar-refractivity contribution < 1.29 is 14.2 Å². The number of hydrogen-bond donors (Lipinski definition) is 0. The van der Waals surface area contributed by atoms with Crippen molar-refractivity contribution in [2.45, 2.75) is 31.2 Å². The van der Waals surface area contributed by atoms with E-state index in [0.29, 0.717) is 6.61 Å². The summed E-state index contributed by atoms with van der Waals surface area (Å²) in [7, 11) is 3.37. The standard InChI is InChI=1S/C14H21BrO3/c1-14(2,17-4)7-8-18-12-6-5-11(10-15)9-13(12)16-3/h5-6,9H,7-8,10H2,1-4H3. The van der Waals surface area contributed by atoms with Gasteiger partial charge in [-0.3, -0.25) is 0 Å². The monoisotopic (exact) mass is 316 g/mol. The fraction of sp³-hybridized carbons (Fsp3) is 0.571. The van der Waals surface area contributed by atoms with Gasteiger partial charge in [-0.15, -0.1) is 0 Å². The molecule has 3 nitrogen and oxygen atoms in total. The van der Waals surface area contributed by atoms with E-state index < -0.39 is 0 Å². The van der Waals surface area contributed by atoms with Gasteiger partial charge in [-0.25, -0.2) is 0 Å². The van der Waals surface area contributed by atoms with Crippen LogP contribution in [0.25, 0.3) is 0 Å². The van der Waals surface area contributed by atoms with E-state index in [1.807, 2.05) is 32.0 Å². The predicted octanol–water partition coefficient (Wildman–Crippen LogP) is 3.78. The lowest BCUT2D eigenvalue weighted by molar-refractivity contribution is 0.00525. The molecule has 0 amide bonds. The van der Waals surface area contributed by atoms with Crippen molar-refractivity contribution in [3.63, 3.8) is 0 Å². The SMILES string of the molecule is COc1cc(CBr)ccc1OCCC(C)(C)OC. The first kappa shape index (κ1) is 15.3. The van der Waals surface area contributed by atoms with Gasteiger partial charge >= 0.3 is 0 Å². The Morgan fingerprint density at radius 1 is 1.17 bits per heavy atom. The summed E-state index contributed by atoms with van der Waals surface area (Å²) in [5.74, 6) is 1.54. The lowest BCUT2D eigenvalue weighted by Crippen LogP contribution is -2.25. The third-order valence-electron chi connectivity index (χ3n) is 2.90. The van der Waals surface area contributed by atoms with Crippen molar-refractivity contribution >= 4 is 15.9 Å². The van der Waals surface area contributed by atoms with Crippen LogP contribution in [0.3, 0.4) is 0 Å². The zero-order valence-corrected chi connectivity index (χ0v) is 13.0. The van der Waals surface area contributed by atoms with Gasteiger partial charge in [0.1, 0.15) is 0 Å². The second kappa shape index (κ2) is 7.00. The molecule has 0 atom stereocenters. The Balaban J connectivity index is 2.62. The molecule has 0 saturated heterocycles. The van der Waals surface area contributed by atoms with Crippen LogP contribution >= 0.6 is 15.9 Å². The minimum atomic E-state index is -0.164. The third kappa shape index (κ3) is 4.50. The topological polar surface area (TPSA) is 27.7 Å². The molecule has 0 unspecified atom stereocenters. The highest BCUT2D eigenvalue weighted by Gasteiger charge is 2.16. The Labute approximate surface area is 118 Å². The van der Waals surface area contributed by atoms with E-state index >= 15 is 0 Å². The Kier molecular flexibility index (Phi) is 5.96. The number of benzene rings is 1. The molecule has 0 aromatic heterocycles. The highest BCUT2D eigenvalue weighted by atomic mass is 79.9. The highest BCUT2D eigenvalue weighted by molar-refractivity contribution is 9.08. The molecule has 0 aliphatic heterocycles. The number of hydrogen-bond acceptors (Lipinski definition) is 3. The molecule has 0 N–H and O–H groups in total. The van der Waals surface area contributed by atoms with E-state index in [9.17, 15) is 0 Å². The zero-order chi connectivity index (χ0) is 13.6. The average molecular weight is 317 g/mol. The summed E-state index contributed by atoms with van der Waals surface area (Å²) in [5, 5.41) is 0.806. The third-order valence-corrected chi connectivity index (χ3v) is 3.54. The van der Waals surface area contributed by atoms with Crippen LogP contribution in [0.5, 0.6) is 11.5 Å². The van der Waals surface area contributed by atoms with Gasteiger partial charge in [0.2, 0.25) is 0 Å². The Bertz CT molecular complexity index is 377. The van der Waals surface area contributed by atoms with Crippen molar-refractivity contribution in [3.8, 4) is 11.5 Å². The molecule has 0 aliphatic carbocycles. The molecule has 0 bridgehead atoms. The smallest absolute Gasteiger partial charge is 0.161 e. The maximum atomic E-state index is 5.74. The van der Waals surface area contributed by atoms with Crippen LogP contribution < -0.4 is 9.47 Å². The van der Waals surface area contributed by atoms with Crippen LogP contribution in [0.1, 0.15) is 25.8 Å². The van der Waals surface area contributed by atoms with Gasteiger partial charge in [-0.2, -0.15) is 0 Å². The van der Waals surface area contributed by atoms with E-state index in [4.69, 9.17) is 14.2 Å². The van der Waals surface area contributed by atoms with Crippen LogP contribution in [0.2, 0.25) is 0 Å². The van der Waals surface area contributed by atoms with E-state index in [1.54, 1.807) is 14.2 Å². The van der Waals surface area contributed by atoms with Gasteiger partial charge in [0.15, 0.2) is 11.5 Å². The van der Waals surface area contributed by atoms with Gasteiger partial charge in [-0.1, -0.05) is 22.0 Å². The average Bonchev–Trinajstić information content (AvgIpc) is 2.38. The number of rotatable bonds is 7. The van der Waals surface area contributed by atoms with Gasteiger partial charge in [-0.05, 0) is 31.5 Å². The quantitative estimate of drug-likeness (QED) is 0.716. The predicted molar refractivity (Wildman–Crippen MR) is 76.8 cm³/mol. The van der Waals surface area contributed by atoms with Gasteiger partial charge in [0, 0.05) is 18.9 Å². The summed E-state index contributed by atoms with van der Waals surface area (Å²) in [6, 6.07) is 5.94.